The maximum atomic E-state index is 13.6. The second kappa shape index (κ2) is 6.79. The van der Waals surface area contributed by atoms with Crippen LogP contribution in [-0.4, -0.2) is 5.91 Å². The Kier molecular flexibility index (Phi) is 4.82. The lowest BCUT2D eigenvalue weighted by Gasteiger charge is -2.13. The average molecular weight is 287 g/mol. The van der Waals surface area contributed by atoms with Crippen LogP contribution in [0.2, 0.25) is 0 Å². The Balaban J connectivity index is 2.00. The molecule has 108 valence electrons. The third-order valence-corrected chi connectivity index (χ3v) is 3.01. The van der Waals surface area contributed by atoms with Crippen LogP contribution in [0.1, 0.15) is 24.1 Å². The number of carbonyl (C=O) groups is 1. The summed E-state index contributed by atoms with van der Waals surface area (Å²) in [6, 6.07) is 12.1. The minimum atomic E-state index is -0.671. The molecule has 0 saturated carbocycles. The highest BCUT2D eigenvalue weighted by Gasteiger charge is 2.12. The zero-order valence-corrected chi connectivity index (χ0v) is 11.5. The summed E-state index contributed by atoms with van der Waals surface area (Å²) in [5.41, 5.74) is 1.14. The normalized spacial score (nSPS) is 12.3. The molecular formula is C17H15F2NO. The Morgan fingerprint density at radius 1 is 1.14 bits per heavy atom. The molecule has 0 heterocycles. The van der Waals surface area contributed by atoms with Crippen molar-refractivity contribution in [2.45, 2.75) is 13.0 Å². The number of carbonyl (C=O) groups excluding carboxylic acids is 1. The van der Waals surface area contributed by atoms with Crippen LogP contribution in [0.25, 0.3) is 6.08 Å². The van der Waals surface area contributed by atoms with E-state index in [1.54, 1.807) is 13.0 Å². The molecule has 0 aliphatic carbocycles. The molecule has 0 aromatic heterocycles. The van der Waals surface area contributed by atoms with Crippen molar-refractivity contribution in [1.82, 2.24) is 5.32 Å². The molecule has 2 rings (SSSR count). The highest BCUT2D eigenvalue weighted by atomic mass is 19.1. The number of benzene rings is 2. The van der Waals surface area contributed by atoms with E-state index < -0.39 is 17.7 Å². The van der Waals surface area contributed by atoms with E-state index in [1.807, 2.05) is 30.3 Å². The van der Waals surface area contributed by atoms with Gasteiger partial charge in [0.05, 0.1) is 6.04 Å². The van der Waals surface area contributed by atoms with Crippen LogP contribution in [0.15, 0.2) is 54.6 Å². The number of hydrogen-bond acceptors (Lipinski definition) is 1. The zero-order valence-electron chi connectivity index (χ0n) is 11.5. The second-order valence-electron chi connectivity index (χ2n) is 4.64. The van der Waals surface area contributed by atoms with E-state index in [0.717, 1.165) is 11.6 Å². The van der Waals surface area contributed by atoms with Crippen LogP contribution in [0.3, 0.4) is 0 Å². The quantitative estimate of drug-likeness (QED) is 0.850. The summed E-state index contributed by atoms with van der Waals surface area (Å²) in [6.45, 7) is 1.64. The average Bonchev–Trinajstić information content (AvgIpc) is 2.46. The molecule has 1 atom stereocenters. The van der Waals surface area contributed by atoms with Crippen LogP contribution in [-0.2, 0) is 4.79 Å². The Labute approximate surface area is 122 Å². The first-order valence-electron chi connectivity index (χ1n) is 6.55. The topological polar surface area (TPSA) is 29.1 Å². The van der Waals surface area contributed by atoms with Gasteiger partial charge in [-0.3, -0.25) is 4.79 Å². The van der Waals surface area contributed by atoms with Gasteiger partial charge < -0.3 is 5.32 Å². The lowest BCUT2D eigenvalue weighted by Crippen LogP contribution is -2.25. The van der Waals surface area contributed by atoms with E-state index in [2.05, 4.69) is 5.32 Å². The first-order valence-corrected chi connectivity index (χ1v) is 6.55. The molecule has 0 saturated heterocycles. The zero-order chi connectivity index (χ0) is 15.2. The summed E-state index contributed by atoms with van der Waals surface area (Å²) in [5.74, 6) is -1.65. The molecule has 2 nitrogen and oxygen atoms in total. The fraction of sp³-hybridized carbons (Fsp3) is 0.118. The van der Waals surface area contributed by atoms with Crippen LogP contribution >= 0.6 is 0 Å². The fourth-order valence-electron chi connectivity index (χ4n) is 1.93. The van der Waals surface area contributed by atoms with Gasteiger partial charge in [-0.25, -0.2) is 8.78 Å². The van der Waals surface area contributed by atoms with Crippen molar-refractivity contribution in [2.24, 2.45) is 0 Å². The first-order chi connectivity index (χ1) is 10.1. The molecule has 0 bridgehead atoms. The third kappa shape index (κ3) is 4.24. The van der Waals surface area contributed by atoms with Gasteiger partial charge in [-0.15, -0.1) is 0 Å². The molecule has 0 unspecified atom stereocenters. The lowest BCUT2D eigenvalue weighted by atomic mass is 10.1. The molecule has 2 aromatic carbocycles. The van der Waals surface area contributed by atoms with Gasteiger partial charge in [0.1, 0.15) is 11.6 Å². The van der Waals surface area contributed by atoms with Crippen molar-refractivity contribution >= 4 is 12.0 Å². The highest BCUT2D eigenvalue weighted by molar-refractivity contribution is 5.91. The monoisotopic (exact) mass is 287 g/mol. The number of amides is 1. The molecule has 2 aromatic rings. The van der Waals surface area contributed by atoms with Crippen molar-refractivity contribution in [3.8, 4) is 0 Å². The van der Waals surface area contributed by atoms with E-state index in [1.165, 1.54) is 18.2 Å². The number of halogens is 2. The maximum Gasteiger partial charge on any atom is 0.244 e. The van der Waals surface area contributed by atoms with Crippen LogP contribution in [0.5, 0.6) is 0 Å². The second-order valence-corrected chi connectivity index (χ2v) is 4.64. The van der Waals surface area contributed by atoms with E-state index >= 15 is 0 Å². The molecule has 1 N–H and O–H groups in total. The van der Waals surface area contributed by atoms with Crippen LogP contribution in [0, 0.1) is 11.6 Å². The van der Waals surface area contributed by atoms with E-state index in [0.29, 0.717) is 0 Å². The highest BCUT2D eigenvalue weighted by Crippen LogP contribution is 2.17. The Hall–Kier alpha value is -2.49. The summed E-state index contributed by atoms with van der Waals surface area (Å²) in [5, 5.41) is 2.64. The standard InChI is InChI=1S/C17H15F2NO/c1-12(15-9-8-14(18)11-16(15)19)20-17(21)10-7-13-5-3-2-4-6-13/h2-12H,1H3,(H,20,21)/b10-7+/t12-/m1/s1. The van der Waals surface area contributed by atoms with E-state index in [-0.39, 0.29) is 11.5 Å². The lowest BCUT2D eigenvalue weighted by molar-refractivity contribution is -0.117. The Bertz CT molecular complexity index is 653. The van der Waals surface area contributed by atoms with Crippen molar-refractivity contribution < 1.29 is 13.6 Å². The number of hydrogen-bond donors (Lipinski definition) is 1. The minimum Gasteiger partial charge on any atom is -0.346 e. The van der Waals surface area contributed by atoms with Gasteiger partial charge >= 0.3 is 0 Å². The summed E-state index contributed by atoms with van der Waals surface area (Å²) >= 11 is 0. The molecule has 1 amide bonds. The van der Waals surface area contributed by atoms with Crippen molar-refractivity contribution in [1.29, 1.82) is 0 Å². The van der Waals surface area contributed by atoms with Gasteiger partial charge in [-0.2, -0.15) is 0 Å². The SMILES string of the molecule is C[C@@H](NC(=O)/C=C/c1ccccc1)c1ccc(F)cc1F. The van der Waals surface area contributed by atoms with Gasteiger partial charge in [0.25, 0.3) is 0 Å². The molecule has 0 aliphatic rings. The third-order valence-electron chi connectivity index (χ3n) is 3.01. The van der Waals surface area contributed by atoms with Crippen molar-refractivity contribution in [3.05, 3.63) is 77.4 Å². The number of rotatable bonds is 4. The molecular weight excluding hydrogens is 272 g/mol. The Morgan fingerprint density at radius 3 is 2.52 bits per heavy atom. The van der Waals surface area contributed by atoms with Gasteiger partial charge in [-0.1, -0.05) is 36.4 Å². The van der Waals surface area contributed by atoms with Gasteiger partial charge in [0, 0.05) is 17.7 Å². The van der Waals surface area contributed by atoms with Crippen LogP contribution in [0.4, 0.5) is 8.78 Å². The van der Waals surface area contributed by atoms with Gasteiger partial charge in [0.15, 0.2) is 0 Å². The molecule has 0 spiro atoms. The largest absolute Gasteiger partial charge is 0.346 e. The summed E-state index contributed by atoms with van der Waals surface area (Å²) in [7, 11) is 0. The molecule has 21 heavy (non-hydrogen) atoms. The van der Waals surface area contributed by atoms with E-state index in [9.17, 15) is 13.6 Å². The smallest absolute Gasteiger partial charge is 0.244 e. The fourth-order valence-corrected chi connectivity index (χ4v) is 1.93. The van der Waals surface area contributed by atoms with Crippen LogP contribution < -0.4 is 5.32 Å². The molecule has 4 heteroatoms. The Morgan fingerprint density at radius 2 is 1.86 bits per heavy atom. The van der Waals surface area contributed by atoms with Gasteiger partial charge in [0.2, 0.25) is 5.91 Å². The maximum absolute atomic E-state index is 13.6. The minimum absolute atomic E-state index is 0.248. The molecule has 0 aliphatic heterocycles. The van der Waals surface area contributed by atoms with Gasteiger partial charge in [-0.05, 0) is 24.6 Å². The first kappa shape index (κ1) is 14.9. The summed E-state index contributed by atoms with van der Waals surface area (Å²) in [6.07, 6.45) is 3.05. The van der Waals surface area contributed by atoms with Crippen molar-refractivity contribution in [2.75, 3.05) is 0 Å². The molecule has 0 fully saturated rings. The van der Waals surface area contributed by atoms with Crippen molar-refractivity contribution in [3.63, 3.8) is 0 Å². The predicted molar refractivity (Wildman–Crippen MR) is 78.4 cm³/mol. The summed E-state index contributed by atoms with van der Waals surface area (Å²) in [4.78, 5) is 11.8. The van der Waals surface area contributed by atoms with E-state index in [4.69, 9.17) is 0 Å². The number of nitrogens with one attached hydrogen (secondary N) is 1. The molecule has 0 radical (unpaired) electrons. The summed E-state index contributed by atoms with van der Waals surface area (Å²) < 4.78 is 26.4. The predicted octanol–water partition coefficient (Wildman–Crippen LogP) is 3.86.